The van der Waals surface area contributed by atoms with Crippen LogP contribution in [0.15, 0.2) is 0 Å². The summed E-state index contributed by atoms with van der Waals surface area (Å²) in [5.74, 6) is 0.806. The number of nitrogens with one attached hydrogen (secondary N) is 1. The molecule has 1 aliphatic carbocycles. The number of carbonyl (C=O) groups is 1. The monoisotopic (exact) mass is 282 g/mol. The van der Waals surface area contributed by atoms with Crippen molar-refractivity contribution < 1.29 is 9.53 Å². The van der Waals surface area contributed by atoms with E-state index in [0.29, 0.717) is 6.54 Å². The zero-order chi connectivity index (χ0) is 13.8. The van der Waals surface area contributed by atoms with E-state index in [0.717, 1.165) is 30.0 Å². The van der Waals surface area contributed by atoms with Gasteiger partial charge in [0, 0.05) is 23.5 Å². The highest BCUT2D eigenvalue weighted by Gasteiger charge is 2.25. The Bertz CT molecular complexity index is 455. The second-order valence-corrected chi connectivity index (χ2v) is 6.24. The Morgan fingerprint density at radius 3 is 2.79 bits per heavy atom. The highest BCUT2D eigenvalue weighted by molar-refractivity contribution is 7.14. The molecule has 0 bridgehead atoms. The molecule has 0 fully saturated rings. The summed E-state index contributed by atoms with van der Waals surface area (Å²) >= 11 is 1.60. The minimum atomic E-state index is -0.00176. The number of likely N-dealkylation sites (N-methyl/N-ethyl adjacent to an activating group) is 1. The third-order valence-electron chi connectivity index (χ3n) is 3.38. The van der Waals surface area contributed by atoms with Crippen molar-refractivity contribution in [1.29, 1.82) is 0 Å². The van der Waals surface area contributed by atoms with Crippen molar-refractivity contribution in [1.82, 2.24) is 10.2 Å². The zero-order valence-electron chi connectivity index (χ0n) is 11.9. The van der Waals surface area contributed by atoms with Gasteiger partial charge in [0.05, 0.1) is 7.11 Å². The standard InChI is InChI=1S/C14H22N2O2S/c1-16(2)9-8-15-14(17)13-12(18-3)10-6-4-5-7-11(10)19-13/h4-9H2,1-3H3,(H,15,17). The molecule has 1 amide bonds. The van der Waals surface area contributed by atoms with Gasteiger partial charge >= 0.3 is 0 Å². The molecule has 0 radical (unpaired) electrons. The lowest BCUT2D eigenvalue weighted by Crippen LogP contribution is -2.31. The van der Waals surface area contributed by atoms with Crippen LogP contribution in [0.5, 0.6) is 5.75 Å². The first-order valence-corrected chi connectivity index (χ1v) is 7.56. The van der Waals surface area contributed by atoms with Crippen molar-refractivity contribution in [3.05, 3.63) is 15.3 Å². The van der Waals surface area contributed by atoms with E-state index in [1.54, 1.807) is 18.4 Å². The average molecular weight is 282 g/mol. The van der Waals surface area contributed by atoms with Crippen molar-refractivity contribution in [2.24, 2.45) is 0 Å². The zero-order valence-corrected chi connectivity index (χ0v) is 12.7. The fourth-order valence-electron chi connectivity index (χ4n) is 2.38. The van der Waals surface area contributed by atoms with Gasteiger partial charge in [0.2, 0.25) is 0 Å². The third-order valence-corrected chi connectivity index (χ3v) is 4.65. The van der Waals surface area contributed by atoms with E-state index in [1.807, 2.05) is 14.1 Å². The number of hydrogen-bond donors (Lipinski definition) is 1. The summed E-state index contributed by atoms with van der Waals surface area (Å²) in [5, 5.41) is 2.96. The molecular weight excluding hydrogens is 260 g/mol. The lowest BCUT2D eigenvalue weighted by atomic mass is 9.98. The molecule has 0 aromatic carbocycles. The summed E-state index contributed by atoms with van der Waals surface area (Å²) in [6.07, 6.45) is 4.54. The Kier molecular flexibility index (Phi) is 4.82. The van der Waals surface area contributed by atoms with Gasteiger partial charge in [-0.05, 0) is 39.8 Å². The number of thiophene rings is 1. The predicted octanol–water partition coefficient (Wildman–Crippen LogP) is 1.93. The summed E-state index contributed by atoms with van der Waals surface area (Å²) in [5.41, 5.74) is 1.26. The molecule has 0 saturated carbocycles. The van der Waals surface area contributed by atoms with Crippen LogP contribution < -0.4 is 10.1 Å². The number of methoxy groups -OCH3 is 1. The van der Waals surface area contributed by atoms with Gasteiger partial charge in [0.1, 0.15) is 10.6 Å². The normalized spacial score (nSPS) is 14.3. The third kappa shape index (κ3) is 3.28. The molecule has 0 atom stereocenters. The van der Waals surface area contributed by atoms with E-state index < -0.39 is 0 Å². The largest absolute Gasteiger partial charge is 0.495 e. The molecule has 2 rings (SSSR count). The Hall–Kier alpha value is -1.07. The Morgan fingerprint density at radius 1 is 1.37 bits per heavy atom. The molecule has 1 aromatic heterocycles. The van der Waals surface area contributed by atoms with Crippen molar-refractivity contribution in [3.63, 3.8) is 0 Å². The number of fused-ring (bicyclic) bond motifs is 1. The van der Waals surface area contributed by atoms with E-state index in [-0.39, 0.29) is 5.91 Å². The smallest absolute Gasteiger partial charge is 0.265 e. The first kappa shape index (κ1) is 14.3. The molecule has 106 valence electrons. The second kappa shape index (κ2) is 6.39. The number of hydrogen-bond acceptors (Lipinski definition) is 4. The molecule has 1 heterocycles. The quantitative estimate of drug-likeness (QED) is 0.897. The maximum atomic E-state index is 12.2. The van der Waals surface area contributed by atoms with Gasteiger partial charge in [0.25, 0.3) is 5.91 Å². The number of nitrogens with zero attached hydrogens (tertiary/aromatic N) is 1. The molecule has 4 nitrogen and oxygen atoms in total. The molecular formula is C14H22N2O2S. The van der Waals surface area contributed by atoms with Crippen molar-refractivity contribution in [2.75, 3.05) is 34.3 Å². The lowest BCUT2D eigenvalue weighted by Gasteiger charge is -2.12. The van der Waals surface area contributed by atoms with E-state index in [9.17, 15) is 4.79 Å². The Morgan fingerprint density at radius 2 is 2.11 bits per heavy atom. The van der Waals surface area contributed by atoms with E-state index in [4.69, 9.17) is 4.74 Å². The molecule has 0 aliphatic heterocycles. The van der Waals surface area contributed by atoms with Gasteiger partial charge in [-0.1, -0.05) is 0 Å². The molecule has 19 heavy (non-hydrogen) atoms. The number of rotatable bonds is 5. The molecule has 1 aliphatic rings. The highest BCUT2D eigenvalue weighted by Crippen LogP contribution is 2.39. The molecule has 0 spiro atoms. The number of carbonyl (C=O) groups excluding carboxylic acids is 1. The Balaban J connectivity index is 2.10. The highest BCUT2D eigenvalue weighted by atomic mass is 32.1. The first-order chi connectivity index (χ1) is 9.13. The van der Waals surface area contributed by atoms with Crippen LogP contribution in [-0.2, 0) is 12.8 Å². The molecule has 0 unspecified atom stereocenters. The minimum absolute atomic E-state index is 0.00176. The maximum absolute atomic E-state index is 12.2. The fraction of sp³-hybridized carbons (Fsp3) is 0.643. The minimum Gasteiger partial charge on any atom is -0.495 e. The van der Waals surface area contributed by atoms with Crippen LogP contribution in [0.2, 0.25) is 0 Å². The van der Waals surface area contributed by atoms with Gasteiger partial charge in [-0.3, -0.25) is 4.79 Å². The van der Waals surface area contributed by atoms with Gasteiger partial charge in [-0.25, -0.2) is 0 Å². The van der Waals surface area contributed by atoms with Crippen LogP contribution in [0.3, 0.4) is 0 Å². The second-order valence-electron chi connectivity index (χ2n) is 5.13. The summed E-state index contributed by atoms with van der Waals surface area (Å²) < 4.78 is 5.47. The topological polar surface area (TPSA) is 41.6 Å². The van der Waals surface area contributed by atoms with Gasteiger partial charge in [-0.15, -0.1) is 11.3 Å². The summed E-state index contributed by atoms with van der Waals surface area (Å²) in [6, 6.07) is 0. The lowest BCUT2D eigenvalue weighted by molar-refractivity contribution is 0.0952. The molecule has 0 saturated heterocycles. The maximum Gasteiger partial charge on any atom is 0.265 e. The SMILES string of the molecule is COc1c(C(=O)NCCN(C)C)sc2c1CCCC2. The van der Waals surface area contributed by atoms with Gasteiger partial charge in [-0.2, -0.15) is 0 Å². The van der Waals surface area contributed by atoms with Crippen LogP contribution in [-0.4, -0.2) is 45.1 Å². The molecule has 1 aromatic rings. The van der Waals surface area contributed by atoms with E-state index in [2.05, 4.69) is 10.2 Å². The summed E-state index contributed by atoms with van der Waals surface area (Å²) in [7, 11) is 5.65. The van der Waals surface area contributed by atoms with E-state index >= 15 is 0 Å². The van der Waals surface area contributed by atoms with Crippen molar-refractivity contribution in [3.8, 4) is 5.75 Å². The molecule has 1 N–H and O–H groups in total. The summed E-state index contributed by atoms with van der Waals surface area (Å²) in [6.45, 7) is 1.51. The Labute approximate surface area is 118 Å². The molecule has 5 heteroatoms. The number of amides is 1. The van der Waals surface area contributed by atoms with Crippen molar-refractivity contribution >= 4 is 17.2 Å². The van der Waals surface area contributed by atoms with Crippen LogP contribution in [0.1, 0.15) is 33.0 Å². The summed E-state index contributed by atoms with van der Waals surface area (Å²) in [4.78, 5) is 16.4. The number of ether oxygens (including phenoxy) is 1. The average Bonchev–Trinajstić information content (AvgIpc) is 2.76. The van der Waals surface area contributed by atoms with Crippen LogP contribution >= 0.6 is 11.3 Å². The van der Waals surface area contributed by atoms with Crippen LogP contribution in [0.4, 0.5) is 0 Å². The van der Waals surface area contributed by atoms with Crippen molar-refractivity contribution in [2.45, 2.75) is 25.7 Å². The van der Waals surface area contributed by atoms with Gasteiger partial charge < -0.3 is 15.0 Å². The van der Waals surface area contributed by atoms with Gasteiger partial charge in [0.15, 0.2) is 0 Å². The first-order valence-electron chi connectivity index (χ1n) is 6.75. The fourth-order valence-corrected chi connectivity index (χ4v) is 3.65. The van der Waals surface area contributed by atoms with Crippen LogP contribution in [0, 0.1) is 0 Å². The van der Waals surface area contributed by atoms with E-state index in [1.165, 1.54) is 23.3 Å². The van der Waals surface area contributed by atoms with Crippen LogP contribution in [0.25, 0.3) is 0 Å². The number of aryl methyl sites for hydroxylation is 1. The predicted molar refractivity (Wildman–Crippen MR) is 78.4 cm³/mol.